The predicted molar refractivity (Wildman–Crippen MR) is 106 cm³/mol. The number of nitrogens with zero attached hydrogens (tertiary/aromatic N) is 5. The van der Waals surface area contributed by atoms with Crippen LogP contribution in [-0.2, 0) is 13.1 Å². The molecule has 7 heteroatoms. The molecular weight excluding hydrogens is 377 g/mol. The minimum Gasteiger partial charge on any atom is -0.331 e. The van der Waals surface area contributed by atoms with E-state index in [0.717, 1.165) is 35.5 Å². The first-order valence-electron chi connectivity index (χ1n) is 8.86. The summed E-state index contributed by atoms with van der Waals surface area (Å²) in [5.41, 5.74) is 3.20. The SMILES string of the molecule is CC(Cn1ccnc1-c1ccc(F)c(Cl)c1)Cn1cnc2cc(C#N)ccc21. The van der Waals surface area contributed by atoms with Crippen LogP contribution in [0, 0.1) is 23.1 Å². The quantitative estimate of drug-likeness (QED) is 0.484. The molecule has 0 radical (unpaired) electrons. The zero-order chi connectivity index (χ0) is 19.7. The number of rotatable bonds is 5. The first kappa shape index (κ1) is 18.2. The molecule has 1 atom stereocenters. The number of hydrogen-bond donors (Lipinski definition) is 0. The van der Waals surface area contributed by atoms with E-state index in [-0.39, 0.29) is 10.9 Å². The summed E-state index contributed by atoms with van der Waals surface area (Å²) in [6.07, 6.45) is 5.44. The lowest BCUT2D eigenvalue weighted by atomic mass is 10.1. The topological polar surface area (TPSA) is 59.4 Å². The zero-order valence-corrected chi connectivity index (χ0v) is 15.9. The molecule has 0 aliphatic carbocycles. The van der Waals surface area contributed by atoms with E-state index in [0.29, 0.717) is 5.56 Å². The van der Waals surface area contributed by atoms with Crippen molar-refractivity contribution in [1.29, 1.82) is 5.26 Å². The molecule has 0 amide bonds. The largest absolute Gasteiger partial charge is 0.331 e. The standard InChI is InChI=1S/C21H17ClFN5/c1-14(12-28-13-26-19-8-15(10-24)2-5-20(19)28)11-27-7-6-25-21(27)16-3-4-18(23)17(22)9-16/h2-9,13-14H,11-12H2,1H3. The molecule has 2 aromatic carbocycles. The molecule has 0 saturated carbocycles. The van der Waals surface area contributed by atoms with Crippen LogP contribution >= 0.6 is 11.6 Å². The second-order valence-corrected chi connectivity index (χ2v) is 7.26. The fourth-order valence-electron chi connectivity index (χ4n) is 3.36. The fraction of sp³-hybridized carbons (Fsp3) is 0.190. The average molecular weight is 394 g/mol. The molecule has 0 spiro atoms. The Morgan fingerprint density at radius 3 is 2.75 bits per heavy atom. The number of benzene rings is 2. The Labute approximate surface area is 166 Å². The van der Waals surface area contributed by atoms with Crippen LogP contribution in [0.5, 0.6) is 0 Å². The number of hydrogen-bond acceptors (Lipinski definition) is 3. The Hall–Kier alpha value is -3.17. The first-order chi connectivity index (χ1) is 13.5. The highest BCUT2D eigenvalue weighted by Gasteiger charge is 2.13. The van der Waals surface area contributed by atoms with E-state index >= 15 is 0 Å². The first-order valence-corrected chi connectivity index (χ1v) is 9.24. The summed E-state index contributed by atoms with van der Waals surface area (Å²) in [5, 5.41) is 9.11. The van der Waals surface area contributed by atoms with Crippen LogP contribution in [0.2, 0.25) is 5.02 Å². The molecule has 140 valence electrons. The van der Waals surface area contributed by atoms with Crippen molar-refractivity contribution >= 4 is 22.6 Å². The molecule has 0 aliphatic rings. The van der Waals surface area contributed by atoms with Crippen molar-refractivity contribution in [2.45, 2.75) is 20.0 Å². The van der Waals surface area contributed by atoms with Crippen molar-refractivity contribution in [2.75, 3.05) is 0 Å². The van der Waals surface area contributed by atoms with Gasteiger partial charge in [-0.05, 0) is 42.3 Å². The van der Waals surface area contributed by atoms with E-state index < -0.39 is 5.82 Å². The van der Waals surface area contributed by atoms with E-state index in [2.05, 4.69) is 27.5 Å². The molecule has 0 fully saturated rings. The molecule has 2 aromatic heterocycles. The highest BCUT2D eigenvalue weighted by atomic mass is 35.5. The average Bonchev–Trinajstić information content (AvgIpc) is 3.30. The zero-order valence-electron chi connectivity index (χ0n) is 15.2. The van der Waals surface area contributed by atoms with Crippen LogP contribution in [0.15, 0.2) is 55.1 Å². The van der Waals surface area contributed by atoms with Gasteiger partial charge in [0, 0.05) is 31.0 Å². The Morgan fingerprint density at radius 1 is 1.14 bits per heavy atom. The Balaban J connectivity index is 1.54. The van der Waals surface area contributed by atoms with Gasteiger partial charge in [0.15, 0.2) is 0 Å². The van der Waals surface area contributed by atoms with Gasteiger partial charge < -0.3 is 9.13 Å². The Bertz CT molecular complexity index is 1190. The normalized spacial score (nSPS) is 12.2. The van der Waals surface area contributed by atoms with Gasteiger partial charge in [-0.15, -0.1) is 0 Å². The van der Waals surface area contributed by atoms with E-state index in [1.165, 1.54) is 6.07 Å². The molecule has 0 saturated heterocycles. The fourth-order valence-corrected chi connectivity index (χ4v) is 3.54. The third-order valence-corrected chi connectivity index (χ3v) is 4.95. The lowest BCUT2D eigenvalue weighted by molar-refractivity contribution is 0.424. The molecule has 0 N–H and O–H groups in total. The minimum absolute atomic E-state index is 0.0849. The molecule has 2 heterocycles. The molecule has 0 aliphatic heterocycles. The van der Waals surface area contributed by atoms with Gasteiger partial charge in [0.05, 0.1) is 34.0 Å². The van der Waals surface area contributed by atoms with Crippen molar-refractivity contribution in [3.8, 4) is 17.5 Å². The van der Waals surface area contributed by atoms with Crippen LogP contribution in [0.25, 0.3) is 22.4 Å². The molecule has 0 bridgehead atoms. The summed E-state index contributed by atoms with van der Waals surface area (Å²) in [4.78, 5) is 8.81. The van der Waals surface area contributed by atoms with Gasteiger partial charge >= 0.3 is 0 Å². The third kappa shape index (κ3) is 3.49. The summed E-state index contributed by atoms with van der Waals surface area (Å²) in [6.45, 7) is 3.65. The molecule has 1 unspecified atom stereocenters. The molecule has 28 heavy (non-hydrogen) atoms. The van der Waals surface area contributed by atoms with Crippen LogP contribution in [-0.4, -0.2) is 19.1 Å². The summed E-state index contributed by atoms with van der Waals surface area (Å²) >= 11 is 5.92. The van der Waals surface area contributed by atoms with Gasteiger partial charge in [-0.25, -0.2) is 14.4 Å². The van der Waals surface area contributed by atoms with E-state index in [1.807, 2.05) is 16.8 Å². The number of halogens is 2. The van der Waals surface area contributed by atoms with Gasteiger partial charge in [0.2, 0.25) is 0 Å². The maximum Gasteiger partial charge on any atom is 0.141 e. The lowest BCUT2D eigenvalue weighted by Crippen LogP contribution is -2.14. The summed E-state index contributed by atoms with van der Waals surface area (Å²) in [6, 6.07) is 12.3. The summed E-state index contributed by atoms with van der Waals surface area (Å²) in [5.74, 6) is 0.600. The van der Waals surface area contributed by atoms with Crippen LogP contribution < -0.4 is 0 Å². The highest BCUT2D eigenvalue weighted by molar-refractivity contribution is 6.31. The number of fused-ring (bicyclic) bond motifs is 1. The Morgan fingerprint density at radius 2 is 1.96 bits per heavy atom. The van der Waals surface area contributed by atoms with Crippen molar-refractivity contribution < 1.29 is 4.39 Å². The van der Waals surface area contributed by atoms with Crippen LogP contribution in [0.4, 0.5) is 4.39 Å². The summed E-state index contributed by atoms with van der Waals surface area (Å²) < 4.78 is 17.6. The second-order valence-electron chi connectivity index (χ2n) is 6.85. The summed E-state index contributed by atoms with van der Waals surface area (Å²) in [7, 11) is 0. The van der Waals surface area contributed by atoms with Gasteiger partial charge in [0.25, 0.3) is 0 Å². The van der Waals surface area contributed by atoms with Crippen molar-refractivity contribution in [3.63, 3.8) is 0 Å². The maximum absolute atomic E-state index is 13.5. The van der Waals surface area contributed by atoms with Crippen LogP contribution in [0.1, 0.15) is 12.5 Å². The smallest absolute Gasteiger partial charge is 0.141 e. The van der Waals surface area contributed by atoms with Crippen molar-refractivity contribution in [1.82, 2.24) is 19.1 Å². The monoisotopic (exact) mass is 393 g/mol. The number of imidazole rings is 2. The van der Waals surface area contributed by atoms with Crippen molar-refractivity contribution in [3.05, 3.63) is 71.5 Å². The Kier molecular flexibility index (Phi) is 4.84. The minimum atomic E-state index is -0.441. The third-order valence-electron chi connectivity index (χ3n) is 4.66. The van der Waals surface area contributed by atoms with E-state index in [4.69, 9.17) is 16.9 Å². The van der Waals surface area contributed by atoms with Crippen molar-refractivity contribution in [2.24, 2.45) is 5.92 Å². The van der Waals surface area contributed by atoms with E-state index in [9.17, 15) is 4.39 Å². The maximum atomic E-state index is 13.5. The second kappa shape index (κ2) is 7.45. The van der Waals surface area contributed by atoms with Gasteiger partial charge in [-0.3, -0.25) is 0 Å². The molecule has 5 nitrogen and oxygen atoms in total. The predicted octanol–water partition coefficient (Wildman–Crippen LogP) is 4.90. The van der Waals surface area contributed by atoms with E-state index in [1.54, 1.807) is 36.8 Å². The lowest BCUT2D eigenvalue weighted by Gasteiger charge is -2.16. The van der Waals surface area contributed by atoms with Gasteiger partial charge in [-0.1, -0.05) is 18.5 Å². The van der Waals surface area contributed by atoms with Crippen LogP contribution in [0.3, 0.4) is 0 Å². The molecule has 4 rings (SSSR count). The molecule has 4 aromatic rings. The number of aromatic nitrogens is 4. The van der Waals surface area contributed by atoms with Gasteiger partial charge in [-0.2, -0.15) is 5.26 Å². The number of nitriles is 1. The van der Waals surface area contributed by atoms with Gasteiger partial charge in [0.1, 0.15) is 11.6 Å². The molecular formula is C21H17ClFN5. The highest BCUT2D eigenvalue weighted by Crippen LogP contribution is 2.25.